The number of carbonyl (C=O) groups is 1. The molecule has 0 heterocycles. The first kappa shape index (κ1) is 13.1. The van der Waals surface area contributed by atoms with Crippen molar-refractivity contribution in [2.75, 3.05) is 18.4 Å². The Labute approximate surface area is 101 Å². The zero-order chi connectivity index (χ0) is 12.0. The molecule has 0 spiro atoms. The number of benzene rings is 1. The summed E-state index contributed by atoms with van der Waals surface area (Å²) >= 11 is 3.14. The molecule has 1 amide bonds. The van der Waals surface area contributed by atoms with Gasteiger partial charge in [0.2, 0.25) is 0 Å². The molecule has 0 fully saturated rings. The number of alkyl halides is 3. The van der Waals surface area contributed by atoms with Gasteiger partial charge in [-0.3, -0.25) is 4.79 Å². The first-order chi connectivity index (χ1) is 7.65. The highest BCUT2D eigenvalue weighted by Crippen LogP contribution is 2.07. The molecule has 5 heteroatoms. The molecule has 16 heavy (non-hydrogen) atoms. The number of hydrogen-bond acceptors (Lipinski definition) is 1. The van der Waals surface area contributed by atoms with Crippen molar-refractivity contribution in [3.8, 4) is 0 Å². The molecule has 0 N–H and O–H groups in total. The first-order valence-corrected chi connectivity index (χ1v) is 5.95. The lowest BCUT2D eigenvalue weighted by atomic mass is 10.2. The van der Waals surface area contributed by atoms with Gasteiger partial charge in [-0.25, -0.2) is 8.78 Å². The van der Waals surface area contributed by atoms with Gasteiger partial charge in [-0.05, 0) is 12.1 Å². The summed E-state index contributed by atoms with van der Waals surface area (Å²) in [7, 11) is 0. The Balaban J connectivity index is 2.74. The van der Waals surface area contributed by atoms with Crippen LogP contribution in [0.25, 0.3) is 0 Å². The van der Waals surface area contributed by atoms with Crippen molar-refractivity contribution in [2.45, 2.75) is 6.43 Å². The van der Waals surface area contributed by atoms with Crippen LogP contribution in [0.1, 0.15) is 10.4 Å². The van der Waals surface area contributed by atoms with Gasteiger partial charge < -0.3 is 4.90 Å². The third-order valence-corrected chi connectivity index (χ3v) is 2.38. The van der Waals surface area contributed by atoms with Gasteiger partial charge in [0, 0.05) is 17.4 Å². The Morgan fingerprint density at radius 1 is 1.31 bits per heavy atom. The van der Waals surface area contributed by atoms with Crippen LogP contribution in [0.3, 0.4) is 0 Å². The van der Waals surface area contributed by atoms with E-state index in [9.17, 15) is 13.6 Å². The molecule has 0 aliphatic heterocycles. The van der Waals surface area contributed by atoms with E-state index in [-0.39, 0.29) is 12.5 Å². The Kier molecular flexibility index (Phi) is 5.38. The van der Waals surface area contributed by atoms with Gasteiger partial charge >= 0.3 is 0 Å². The smallest absolute Gasteiger partial charge is 0.255 e. The molecular formula is C11H12BrF2NO. The summed E-state index contributed by atoms with van der Waals surface area (Å²) in [6.45, 7) is -0.253. The fraction of sp³-hybridized carbons (Fsp3) is 0.364. The highest BCUT2D eigenvalue weighted by Gasteiger charge is 2.18. The van der Waals surface area contributed by atoms with E-state index < -0.39 is 13.0 Å². The zero-order valence-corrected chi connectivity index (χ0v) is 10.2. The highest BCUT2D eigenvalue weighted by molar-refractivity contribution is 9.09. The van der Waals surface area contributed by atoms with Gasteiger partial charge in [-0.15, -0.1) is 0 Å². The lowest BCUT2D eigenvalue weighted by molar-refractivity contribution is 0.0572. The average Bonchev–Trinajstić information content (AvgIpc) is 2.28. The number of amides is 1. The van der Waals surface area contributed by atoms with Crippen LogP contribution in [0, 0.1) is 0 Å². The Morgan fingerprint density at radius 3 is 2.44 bits per heavy atom. The van der Waals surface area contributed by atoms with Crippen LogP contribution in [0.15, 0.2) is 30.3 Å². The van der Waals surface area contributed by atoms with Crippen LogP contribution in [0.5, 0.6) is 0 Å². The van der Waals surface area contributed by atoms with Crippen molar-refractivity contribution in [3.05, 3.63) is 35.9 Å². The van der Waals surface area contributed by atoms with E-state index in [0.717, 1.165) is 4.90 Å². The van der Waals surface area contributed by atoms with Crippen LogP contribution in [-0.2, 0) is 0 Å². The number of nitrogens with zero attached hydrogens (tertiary/aromatic N) is 1. The Bertz CT molecular complexity index is 332. The largest absolute Gasteiger partial charge is 0.332 e. The molecule has 0 unspecified atom stereocenters. The van der Waals surface area contributed by atoms with Gasteiger partial charge in [0.15, 0.2) is 0 Å². The summed E-state index contributed by atoms with van der Waals surface area (Å²) in [6.07, 6.45) is -2.51. The molecule has 0 aliphatic carbocycles. The average molecular weight is 292 g/mol. The summed E-state index contributed by atoms with van der Waals surface area (Å²) in [5.41, 5.74) is 0.434. The summed E-state index contributed by atoms with van der Waals surface area (Å²) < 4.78 is 24.6. The fourth-order valence-corrected chi connectivity index (χ4v) is 1.74. The predicted molar refractivity (Wildman–Crippen MR) is 62.1 cm³/mol. The zero-order valence-electron chi connectivity index (χ0n) is 8.57. The second-order valence-electron chi connectivity index (χ2n) is 3.20. The minimum atomic E-state index is -2.51. The normalized spacial score (nSPS) is 10.5. The monoisotopic (exact) mass is 291 g/mol. The van der Waals surface area contributed by atoms with E-state index in [4.69, 9.17) is 0 Å². The molecule has 0 bridgehead atoms. The Hall–Kier alpha value is -0.970. The molecule has 88 valence electrons. The van der Waals surface area contributed by atoms with E-state index in [1.807, 2.05) is 0 Å². The first-order valence-electron chi connectivity index (χ1n) is 4.83. The SMILES string of the molecule is O=C(c1ccccc1)N(CCBr)CC(F)F. The van der Waals surface area contributed by atoms with Crippen molar-refractivity contribution < 1.29 is 13.6 Å². The topological polar surface area (TPSA) is 20.3 Å². The number of rotatable bonds is 5. The van der Waals surface area contributed by atoms with Gasteiger partial charge in [-0.2, -0.15) is 0 Å². The van der Waals surface area contributed by atoms with Crippen molar-refractivity contribution in [3.63, 3.8) is 0 Å². The standard InChI is InChI=1S/C11H12BrF2NO/c12-6-7-15(8-10(13)14)11(16)9-4-2-1-3-5-9/h1-5,10H,6-8H2. The van der Waals surface area contributed by atoms with E-state index in [1.54, 1.807) is 30.3 Å². The van der Waals surface area contributed by atoms with Crippen LogP contribution in [-0.4, -0.2) is 35.7 Å². The third kappa shape index (κ3) is 3.89. The van der Waals surface area contributed by atoms with Crippen LogP contribution < -0.4 is 0 Å². The summed E-state index contributed by atoms with van der Waals surface area (Å²) in [5, 5.41) is 0.484. The van der Waals surface area contributed by atoms with Crippen molar-refractivity contribution in [2.24, 2.45) is 0 Å². The van der Waals surface area contributed by atoms with Crippen LogP contribution in [0.4, 0.5) is 8.78 Å². The molecule has 1 rings (SSSR count). The molecule has 1 aromatic rings. The van der Waals surface area contributed by atoms with E-state index in [0.29, 0.717) is 10.9 Å². The van der Waals surface area contributed by atoms with Gasteiger partial charge in [0.1, 0.15) is 0 Å². The minimum absolute atomic E-state index is 0.276. The maximum Gasteiger partial charge on any atom is 0.255 e. The second kappa shape index (κ2) is 6.58. The van der Waals surface area contributed by atoms with Crippen molar-refractivity contribution >= 4 is 21.8 Å². The number of hydrogen-bond donors (Lipinski definition) is 0. The lowest BCUT2D eigenvalue weighted by Crippen LogP contribution is -2.36. The highest BCUT2D eigenvalue weighted by atomic mass is 79.9. The summed E-state index contributed by atoms with van der Waals surface area (Å²) in [5.74, 6) is -0.361. The molecule has 0 aliphatic rings. The second-order valence-corrected chi connectivity index (χ2v) is 3.99. The van der Waals surface area contributed by atoms with Gasteiger partial charge in [0.05, 0.1) is 6.54 Å². The van der Waals surface area contributed by atoms with Gasteiger partial charge in [-0.1, -0.05) is 34.1 Å². The Morgan fingerprint density at radius 2 is 1.94 bits per heavy atom. The predicted octanol–water partition coefficient (Wildman–Crippen LogP) is 2.79. The molecular weight excluding hydrogens is 280 g/mol. The molecule has 0 saturated heterocycles. The maximum atomic E-state index is 12.3. The molecule has 0 aromatic heterocycles. The molecule has 0 radical (unpaired) electrons. The third-order valence-electron chi connectivity index (χ3n) is 2.02. The number of carbonyl (C=O) groups excluding carboxylic acids is 1. The quantitative estimate of drug-likeness (QED) is 0.764. The number of halogens is 3. The van der Waals surface area contributed by atoms with Crippen molar-refractivity contribution in [1.29, 1.82) is 0 Å². The van der Waals surface area contributed by atoms with Crippen LogP contribution >= 0.6 is 15.9 Å². The minimum Gasteiger partial charge on any atom is -0.332 e. The molecule has 1 aromatic carbocycles. The van der Waals surface area contributed by atoms with Crippen LogP contribution in [0.2, 0.25) is 0 Å². The maximum absolute atomic E-state index is 12.3. The van der Waals surface area contributed by atoms with E-state index in [2.05, 4.69) is 15.9 Å². The van der Waals surface area contributed by atoms with E-state index >= 15 is 0 Å². The van der Waals surface area contributed by atoms with Crippen molar-refractivity contribution in [1.82, 2.24) is 4.90 Å². The summed E-state index contributed by atoms with van der Waals surface area (Å²) in [4.78, 5) is 13.0. The fourth-order valence-electron chi connectivity index (χ4n) is 1.31. The van der Waals surface area contributed by atoms with Gasteiger partial charge in [0.25, 0.3) is 12.3 Å². The lowest BCUT2D eigenvalue weighted by Gasteiger charge is -2.21. The molecule has 0 saturated carbocycles. The molecule has 0 atom stereocenters. The summed E-state index contributed by atoms with van der Waals surface area (Å²) in [6, 6.07) is 8.44. The molecule has 2 nitrogen and oxygen atoms in total. The van der Waals surface area contributed by atoms with E-state index in [1.165, 1.54) is 0 Å².